The number of carboxylic acid groups (broad SMARTS) is 3. The maximum atomic E-state index is 11.2. The summed E-state index contributed by atoms with van der Waals surface area (Å²) < 4.78 is 0. The largest absolute Gasteiger partial charge is 0.481 e. The second kappa shape index (κ2) is 5.31. The number of hydrogen-bond donors (Lipinski definition) is 3. The number of aliphatic carboxylic acids is 3. The lowest BCUT2D eigenvalue weighted by Crippen LogP contribution is -2.43. The summed E-state index contributed by atoms with van der Waals surface area (Å²) in [5.41, 5.74) is -1.88. The number of carbonyl (C=O) groups is 3. The molecule has 0 radical (unpaired) electrons. The third-order valence-corrected chi connectivity index (χ3v) is 2.62. The quantitative estimate of drug-likeness (QED) is 0.647. The van der Waals surface area contributed by atoms with Crippen LogP contribution in [-0.2, 0) is 20.8 Å². The summed E-state index contributed by atoms with van der Waals surface area (Å²) in [4.78, 5) is 33.0. The summed E-state index contributed by atoms with van der Waals surface area (Å²) in [6.45, 7) is 0. The molecule has 0 atom stereocenters. The second-order valence-corrected chi connectivity index (χ2v) is 3.93. The van der Waals surface area contributed by atoms with Crippen LogP contribution in [0.1, 0.15) is 12.0 Å². The molecule has 0 fully saturated rings. The van der Waals surface area contributed by atoms with Gasteiger partial charge in [0.2, 0.25) is 0 Å². The van der Waals surface area contributed by atoms with E-state index in [1.54, 1.807) is 30.3 Å². The van der Waals surface area contributed by atoms with Crippen molar-refractivity contribution in [3.63, 3.8) is 0 Å². The fourth-order valence-corrected chi connectivity index (χ4v) is 1.66. The lowest BCUT2D eigenvalue weighted by atomic mass is 9.78. The van der Waals surface area contributed by atoms with Crippen molar-refractivity contribution in [3.05, 3.63) is 35.9 Å². The molecule has 0 spiro atoms. The minimum absolute atomic E-state index is 0.370. The van der Waals surface area contributed by atoms with Crippen LogP contribution in [0.2, 0.25) is 0 Å². The van der Waals surface area contributed by atoms with Crippen molar-refractivity contribution in [3.8, 4) is 0 Å². The van der Waals surface area contributed by atoms with E-state index in [2.05, 4.69) is 0 Å². The van der Waals surface area contributed by atoms with E-state index in [9.17, 15) is 14.4 Å². The fourth-order valence-electron chi connectivity index (χ4n) is 1.66. The summed E-state index contributed by atoms with van der Waals surface area (Å²) in [6.07, 6.45) is -1.34. The third kappa shape index (κ3) is 2.85. The van der Waals surface area contributed by atoms with Crippen LogP contribution in [0.4, 0.5) is 0 Å². The van der Waals surface area contributed by atoms with E-state index in [1.165, 1.54) is 0 Å². The second-order valence-electron chi connectivity index (χ2n) is 3.93. The van der Waals surface area contributed by atoms with Gasteiger partial charge in [-0.2, -0.15) is 0 Å². The van der Waals surface area contributed by atoms with Gasteiger partial charge in [0.15, 0.2) is 5.41 Å². The molecule has 0 heterocycles. The smallest absolute Gasteiger partial charge is 0.322 e. The highest BCUT2D eigenvalue weighted by Crippen LogP contribution is 2.28. The number of hydrogen-bond acceptors (Lipinski definition) is 3. The van der Waals surface area contributed by atoms with E-state index in [0.29, 0.717) is 5.56 Å². The first-order valence-electron chi connectivity index (χ1n) is 5.11. The van der Waals surface area contributed by atoms with Gasteiger partial charge in [-0.25, -0.2) is 0 Å². The molecular weight excluding hydrogens is 240 g/mol. The Kier molecular flexibility index (Phi) is 4.04. The van der Waals surface area contributed by atoms with Crippen LogP contribution in [0.15, 0.2) is 30.3 Å². The van der Waals surface area contributed by atoms with E-state index in [4.69, 9.17) is 15.3 Å². The minimum atomic E-state index is -2.34. The Balaban J connectivity index is 3.14. The van der Waals surface area contributed by atoms with Gasteiger partial charge in [-0.15, -0.1) is 0 Å². The first-order chi connectivity index (χ1) is 8.38. The molecule has 6 nitrogen and oxygen atoms in total. The van der Waals surface area contributed by atoms with Crippen molar-refractivity contribution in [2.24, 2.45) is 5.41 Å². The lowest BCUT2D eigenvalue weighted by Gasteiger charge is -2.22. The van der Waals surface area contributed by atoms with Gasteiger partial charge in [0.25, 0.3) is 0 Å². The molecular formula is C12H12O6. The summed E-state index contributed by atoms with van der Waals surface area (Å²) in [5.74, 6) is -4.77. The van der Waals surface area contributed by atoms with Crippen molar-refractivity contribution in [2.75, 3.05) is 0 Å². The topological polar surface area (TPSA) is 112 Å². The Hall–Kier alpha value is -2.37. The first-order valence-corrected chi connectivity index (χ1v) is 5.11. The summed E-state index contributed by atoms with van der Waals surface area (Å²) in [7, 11) is 0. The average molecular weight is 252 g/mol. The zero-order chi connectivity index (χ0) is 13.8. The zero-order valence-electron chi connectivity index (χ0n) is 9.37. The van der Waals surface area contributed by atoms with Gasteiger partial charge in [-0.1, -0.05) is 30.3 Å². The molecule has 0 amide bonds. The number of benzene rings is 1. The van der Waals surface area contributed by atoms with E-state index in [-0.39, 0.29) is 6.42 Å². The van der Waals surface area contributed by atoms with Crippen molar-refractivity contribution in [1.82, 2.24) is 0 Å². The Morgan fingerprint density at radius 3 is 1.83 bits per heavy atom. The Labute approximate surface area is 102 Å². The molecule has 0 aromatic heterocycles. The number of carboxylic acids is 3. The van der Waals surface area contributed by atoms with Crippen LogP contribution >= 0.6 is 0 Å². The predicted octanol–water partition coefficient (Wildman–Crippen LogP) is 0.859. The fraction of sp³-hybridized carbons (Fsp3) is 0.250. The van der Waals surface area contributed by atoms with Crippen LogP contribution in [0, 0.1) is 5.41 Å². The Morgan fingerprint density at radius 1 is 0.944 bits per heavy atom. The first kappa shape index (κ1) is 13.7. The van der Waals surface area contributed by atoms with E-state index < -0.39 is 29.7 Å². The van der Waals surface area contributed by atoms with Gasteiger partial charge in [-0.05, 0) is 12.0 Å². The Morgan fingerprint density at radius 2 is 1.44 bits per heavy atom. The summed E-state index contributed by atoms with van der Waals surface area (Å²) in [5, 5.41) is 26.8. The number of rotatable bonds is 6. The monoisotopic (exact) mass is 252 g/mol. The van der Waals surface area contributed by atoms with Gasteiger partial charge in [0.1, 0.15) is 0 Å². The van der Waals surface area contributed by atoms with Gasteiger partial charge in [0, 0.05) is 0 Å². The van der Waals surface area contributed by atoms with Crippen LogP contribution in [0.25, 0.3) is 0 Å². The molecule has 0 saturated carbocycles. The molecule has 96 valence electrons. The van der Waals surface area contributed by atoms with Crippen LogP contribution in [0.5, 0.6) is 0 Å². The van der Waals surface area contributed by atoms with Crippen LogP contribution in [0.3, 0.4) is 0 Å². The minimum Gasteiger partial charge on any atom is -0.481 e. The highest BCUT2D eigenvalue weighted by molar-refractivity contribution is 6.01. The van der Waals surface area contributed by atoms with Crippen molar-refractivity contribution in [1.29, 1.82) is 0 Å². The lowest BCUT2D eigenvalue weighted by molar-refractivity contribution is -0.169. The molecule has 1 rings (SSSR count). The highest BCUT2D eigenvalue weighted by Gasteiger charge is 2.48. The molecule has 1 aromatic rings. The molecule has 0 aliphatic carbocycles. The van der Waals surface area contributed by atoms with Crippen LogP contribution < -0.4 is 0 Å². The normalized spacial score (nSPS) is 10.9. The van der Waals surface area contributed by atoms with Gasteiger partial charge in [-0.3, -0.25) is 14.4 Å². The van der Waals surface area contributed by atoms with E-state index >= 15 is 0 Å². The molecule has 0 saturated heterocycles. The zero-order valence-corrected chi connectivity index (χ0v) is 9.37. The maximum absolute atomic E-state index is 11.2. The summed E-state index contributed by atoms with van der Waals surface area (Å²) >= 11 is 0. The summed E-state index contributed by atoms with van der Waals surface area (Å²) in [6, 6.07) is 8.07. The third-order valence-electron chi connectivity index (χ3n) is 2.62. The van der Waals surface area contributed by atoms with Gasteiger partial charge in [0.05, 0.1) is 6.42 Å². The molecule has 0 aliphatic heterocycles. The standard InChI is InChI=1S/C12H12O6/c13-9(14)7-12(10(15)16,11(17)18)6-8-4-2-1-3-5-8/h1-5H,6-7H2,(H,13,14)(H,15,16)(H,17,18). The molecule has 0 aliphatic rings. The van der Waals surface area contributed by atoms with Crippen molar-refractivity contribution in [2.45, 2.75) is 12.8 Å². The molecule has 0 unspecified atom stereocenters. The Bertz CT molecular complexity index is 451. The molecule has 6 heteroatoms. The van der Waals surface area contributed by atoms with Crippen molar-refractivity contribution < 1.29 is 29.7 Å². The van der Waals surface area contributed by atoms with Gasteiger partial charge < -0.3 is 15.3 Å². The van der Waals surface area contributed by atoms with E-state index in [1.807, 2.05) is 0 Å². The molecule has 0 bridgehead atoms. The molecule has 3 N–H and O–H groups in total. The predicted molar refractivity (Wildman–Crippen MR) is 60.1 cm³/mol. The van der Waals surface area contributed by atoms with E-state index in [0.717, 1.165) is 0 Å². The SMILES string of the molecule is O=C(O)CC(Cc1ccccc1)(C(=O)O)C(=O)O. The molecule has 18 heavy (non-hydrogen) atoms. The van der Waals surface area contributed by atoms with Gasteiger partial charge >= 0.3 is 17.9 Å². The maximum Gasteiger partial charge on any atom is 0.322 e. The highest BCUT2D eigenvalue weighted by atomic mass is 16.4. The van der Waals surface area contributed by atoms with Crippen molar-refractivity contribution >= 4 is 17.9 Å². The molecule has 1 aromatic carbocycles. The average Bonchev–Trinajstić information content (AvgIpc) is 2.28. The van der Waals surface area contributed by atoms with Crippen LogP contribution in [-0.4, -0.2) is 33.2 Å².